The minimum atomic E-state index is 1.02. The molecule has 0 heteroatoms. The summed E-state index contributed by atoms with van der Waals surface area (Å²) < 4.78 is 0. The number of rotatable bonds is 8. The Balaban J connectivity index is 2.04. The molecule has 0 heterocycles. The Labute approximate surface area is 156 Å². The van der Waals surface area contributed by atoms with Crippen molar-refractivity contribution in [3.63, 3.8) is 0 Å². The maximum Gasteiger partial charge on any atom is -0.00211 e. The van der Waals surface area contributed by atoms with Gasteiger partial charge >= 0.3 is 0 Å². The third-order valence-electron chi connectivity index (χ3n) is 6.17. The molecule has 0 atom stereocenters. The predicted molar refractivity (Wildman–Crippen MR) is 112 cm³/mol. The van der Waals surface area contributed by atoms with Crippen molar-refractivity contribution in [2.75, 3.05) is 0 Å². The van der Waals surface area contributed by atoms with Crippen LogP contribution in [-0.4, -0.2) is 0 Å². The average molecular weight is 339 g/mol. The molecule has 1 aromatic rings. The summed E-state index contributed by atoms with van der Waals surface area (Å²) >= 11 is 0. The van der Waals surface area contributed by atoms with Gasteiger partial charge in [-0.15, -0.1) is 0 Å². The first-order valence-corrected chi connectivity index (χ1v) is 10.4. The molecule has 0 saturated heterocycles. The standard InChI is InChI=1S/C25H38/c1-6-20(3)24(18-25-21(4)12-10-13-22(25)5)17-19(2)11-9-16-23-14-7-8-15-23/h10,12-13,17,23H,6-9,11,14-16,18H2,1-5H3/b19-17+,24-20?. The third-order valence-corrected chi connectivity index (χ3v) is 6.17. The number of allylic oxidation sites excluding steroid dienone is 4. The normalized spacial score (nSPS) is 17.1. The lowest BCUT2D eigenvalue weighted by Gasteiger charge is -2.14. The molecule has 1 aliphatic rings. The molecule has 0 radical (unpaired) electrons. The Morgan fingerprint density at radius 1 is 1.08 bits per heavy atom. The van der Waals surface area contributed by atoms with Gasteiger partial charge in [-0.3, -0.25) is 0 Å². The zero-order chi connectivity index (χ0) is 18.2. The molecular formula is C25H38. The van der Waals surface area contributed by atoms with Crippen LogP contribution in [0.4, 0.5) is 0 Å². The Hall–Kier alpha value is -1.30. The van der Waals surface area contributed by atoms with E-state index in [0.717, 1.165) is 18.8 Å². The van der Waals surface area contributed by atoms with Gasteiger partial charge in [0.2, 0.25) is 0 Å². The van der Waals surface area contributed by atoms with E-state index in [0.29, 0.717) is 0 Å². The Morgan fingerprint density at radius 3 is 2.32 bits per heavy atom. The number of aryl methyl sites for hydroxylation is 2. The largest absolute Gasteiger partial charge is 0.0730 e. The molecule has 0 aromatic heterocycles. The minimum absolute atomic E-state index is 1.02. The van der Waals surface area contributed by atoms with Crippen molar-refractivity contribution < 1.29 is 0 Å². The van der Waals surface area contributed by atoms with Gasteiger partial charge < -0.3 is 0 Å². The minimum Gasteiger partial charge on any atom is -0.0730 e. The second kappa shape index (κ2) is 10.00. The molecule has 1 saturated carbocycles. The van der Waals surface area contributed by atoms with Crippen LogP contribution in [-0.2, 0) is 6.42 Å². The lowest BCUT2D eigenvalue weighted by Crippen LogP contribution is -1.99. The molecular weight excluding hydrogens is 300 g/mol. The second-order valence-electron chi connectivity index (χ2n) is 8.24. The zero-order valence-electron chi connectivity index (χ0n) is 17.3. The summed E-state index contributed by atoms with van der Waals surface area (Å²) in [4.78, 5) is 0. The fourth-order valence-corrected chi connectivity index (χ4v) is 4.21. The van der Waals surface area contributed by atoms with Crippen molar-refractivity contribution in [2.24, 2.45) is 5.92 Å². The molecule has 0 aliphatic heterocycles. The van der Waals surface area contributed by atoms with Crippen molar-refractivity contribution in [3.05, 3.63) is 57.7 Å². The Bertz CT molecular complexity index is 589. The van der Waals surface area contributed by atoms with Gasteiger partial charge in [-0.05, 0) is 81.6 Å². The van der Waals surface area contributed by atoms with Crippen LogP contribution in [0.1, 0.15) is 88.8 Å². The van der Waals surface area contributed by atoms with Crippen LogP contribution in [0.5, 0.6) is 0 Å². The van der Waals surface area contributed by atoms with Crippen LogP contribution < -0.4 is 0 Å². The molecule has 2 rings (SSSR count). The van der Waals surface area contributed by atoms with Crippen molar-refractivity contribution in [3.8, 4) is 0 Å². The van der Waals surface area contributed by atoms with E-state index in [9.17, 15) is 0 Å². The van der Waals surface area contributed by atoms with E-state index in [4.69, 9.17) is 0 Å². The first-order valence-electron chi connectivity index (χ1n) is 10.4. The van der Waals surface area contributed by atoms with E-state index in [1.807, 2.05) is 0 Å². The maximum absolute atomic E-state index is 2.50. The maximum atomic E-state index is 2.50. The van der Waals surface area contributed by atoms with Crippen LogP contribution in [0.2, 0.25) is 0 Å². The fourth-order valence-electron chi connectivity index (χ4n) is 4.21. The first-order chi connectivity index (χ1) is 12.0. The SMILES string of the molecule is CCC(C)=C(/C=C(\C)CCCC1CCCC1)Cc1c(C)cccc1C. The fraction of sp³-hybridized carbons (Fsp3) is 0.600. The van der Waals surface area contributed by atoms with Gasteiger partial charge in [0.1, 0.15) is 0 Å². The van der Waals surface area contributed by atoms with Crippen molar-refractivity contribution in [2.45, 2.75) is 92.4 Å². The summed E-state index contributed by atoms with van der Waals surface area (Å²) in [6.45, 7) is 11.4. The molecule has 0 amide bonds. The average Bonchev–Trinajstić information content (AvgIpc) is 3.10. The number of hydrogen-bond donors (Lipinski definition) is 0. The first kappa shape index (κ1) is 20.0. The third kappa shape index (κ3) is 6.17. The lowest BCUT2D eigenvalue weighted by atomic mass is 9.91. The molecule has 138 valence electrons. The van der Waals surface area contributed by atoms with Gasteiger partial charge in [-0.25, -0.2) is 0 Å². The van der Waals surface area contributed by atoms with Crippen LogP contribution in [0.15, 0.2) is 41.0 Å². The lowest BCUT2D eigenvalue weighted by molar-refractivity contribution is 0.483. The highest BCUT2D eigenvalue weighted by Gasteiger charge is 2.14. The molecule has 1 aliphatic carbocycles. The Kier molecular flexibility index (Phi) is 8.00. The van der Waals surface area contributed by atoms with Crippen LogP contribution in [0, 0.1) is 19.8 Å². The molecule has 0 nitrogen and oxygen atoms in total. The van der Waals surface area contributed by atoms with E-state index < -0.39 is 0 Å². The van der Waals surface area contributed by atoms with Gasteiger partial charge in [0.15, 0.2) is 0 Å². The van der Waals surface area contributed by atoms with Gasteiger partial charge in [-0.2, -0.15) is 0 Å². The molecule has 0 spiro atoms. The highest BCUT2D eigenvalue weighted by atomic mass is 14.2. The van der Waals surface area contributed by atoms with Crippen molar-refractivity contribution in [1.29, 1.82) is 0 Å². The summed E-state index contributed by atoms with van der Waals surface area (Å²) in [5, 5.41) is 0. The molecule has 1 fully saturated rings. The molecule has 0 bridgehead atoms. The highest BCUT2D eigenvalue weighted by Crippen LogP contribution is 2.30. The quantitative estimate of drug-likeness (QED) is 0.423. The van der Waals surface area contributed by atoms with Crippen molar-refractivity contribution >= 4 is 0 Å². The number of benzene rings is 1. The van der Waals surface area contributed by atoms with E-state index in [-0.39, 0.29) is 0 Å². The van der Waals surface area contributed by atoms with Gasteiger partial charge in [0.05, 0.1) is 0 Å². The molecule has 1 aromatic carbocycles. The van der Waals surface area contributed by atoms with E-state index in [1.165, 1.54) is 67.2 Å². The second-order valence-corrected chi connectivity index (χ2v) is 8.24. The van der Waals surface area contributed by atoms with E-state index in [1.54, 1.807) is 11.1 Å². The summed E-state index contributed by atoms with van der Waals surface area (Å²) in [6, 6.07) is 6.67. The predicted octanol–water partition coefficient (Wildman–Crippen LogP) is 7.88. The summed E-state index contributed by atoms with van der Waals surface area (Å²) in [7, 11) is 0. The summed E-state index contributed by atoms with van der Waals surface area (Å²) in [5.74, 6) is 1.02. The summed E-state index contributed by atoms with van der Waals surface area (Å²) in [6.07, 6.45) is 14.7. The smallest absolute Gasteiger partial charge is 0.00211 e. The van der Waals surface area contributed by atoms with Crippen LogP contribution in [0.3, 0.4) is 0 Å². The van der Waals surface area contributed by atoms with Crippen molar-refractivity contribution in [1.82, 2.24) is 0 Å². The molecule has 0 N–H and O–H groups in total. The van der Waals surface area contributed by atoms with Gasteiger partial charge in [-0.1, -0.05) is 74.4 Å². The zero-order valence-corrected chi connectivity index (χ0v) is 17.3. The molecule has 0 unspecified atom stereocenters. The van der Waals surface area contributed by atoms with Crippen LogP contribution >= 0.6 is 0 Å². The molecule has 25 heavy (non-hydrogen) atoms. The van der Waals surface area contributed by atoms with Gasteiger partial charge in [0.25, 0.3) is 0 Å². The van der Waals surface area contributed by atoms with Crippen LogP contribution in [0.25, 0.3) is 0 Å². The Morgan fingerprint density at radius 2 is 1.72 bits per heavy atom. The topological polar surface area (TPSA) is 0 Å². The summed E-state index contributed by atoms with van der Waals surface area (Å²) in [5.41, 5.74) is 9.01. The number of hydrogen-bond acceptors (Lipinski definition) is 0. The van der Waals surface area contributed by atoms with E-state index in [2.05, 4.69) is 58.9 Å². The monoisotopic (exact) mass is 338 g/mol. The van der Waals surface area contributed by atoms with E-state index >= 15 is 0 Å². The highest BCUT2D eigenvalue weighted by molar-refractivity contribution is 5.41. The van der Waals surface area contributed by atoms with Gasteiger partial charge in [0, 0.05) is 0 Å².